The molecule has 0 aliphatic heterocycles. The fourth-order valence-corrected chi connectivity index (χ4v) is 4.06. The number of methoxy groups -OCH3 is 1. The summed E-state index contributed by atoms with van der Waals surface area (Å²) in [6.45, 7) is 13.1. The molecule has 0 heterocycles. The van der Waals surface area contributed by atoms with Crippen LogP contribution in [0.4, 0.5) is 10.5 Å². The molecular formula is C29H41N3O5. The van der Waals surface area contributed by atoms with Gasteiger partial charge in [-0.05, 0) is 82.3 Å². The molecule has 0 saturated carbocycles. The van der Waals surface area contributed by atoms with Crippen molar-refractivity contribution in [3.8, 4) is 5.75 Å². The van der Waals surface area contributed by atoms with Crippen LogP contribution in [0.5, 0.6) is 5.75 Å². The van der Waals surface area contributed by atoms with E-state index in [-0.39, 0.29) is 17.7 Å². The molecule has 2 rings (SSSR count). The van der Waals surface area contributed by atoms with Crippen LogP contribution in [0.1, 0.15) is 63.8 Å². The van der Waals surface area contributed by atoms with Crippen molar-refractivity contribution in [1.82, 2.24) is 10.2 Å². The molecule has 0 bridgehead atoms. The molecule has 2 atom stereocenters. The maximum atomic E-state index is 13.8. The molecule has 0 aliphatic rings. The van der Waals surface area contributed by atoms with Gasteiger partial charge in [-0.25, -0.2) is 4.79 Å². The first kappa shape index (κ1) is 29.7. The van der Waals surface area contributed by atoms with Gasteiger partial charge in [0.2, 0.25) is 5.91 Å². The van der Waals surface area contributed by atoms with Gasteiger partial charge in [-0.3, -0.25) is 9.59 Å². The minimum Gasteiger partial charge on any atom is -0.497 e. The smallest absolute Gasteiger partial charge is 0.408 e. The minimum atomic E-state index is -0.926. The monoisotopic (exact) mass is 511 g/mol. The highest BCUT2D eigenvalue weighted by Crippen LogP contribution is 2.27. The lowest BCUT2D eigenvalue weighted by Crippen LogP contribution is -2.51. The number of carbonyl (C=O) groups is 3. The zero-order valence-electron chi connectivity index (χ0n) is 23.5. The third-order valence-corrected chi connectivity index (χ3v) is 5.76. The van der Waals surface area contributed by atoms with Crippen LogP contribution in [0.25, 0.3) is 0 Å². The Hall–Kier alpha value is -3.55. The Kier molecular flexibility index (Phi) is 10.1. The van der Waals surface area contributed by atoms with Crippen LogP contribution in [0.15, 0.2) is 42.5 Å². The van der Waals surface area contributed by atoms with E-state index >= 15 is 0 Å². The van der Waals surface area contributed by atoms with Gasteiger partial charge < -0.3 is 25.0 Å². The van der Waals surface area contributed by atoms with Crippen molar-refractivity contribution in [3.63, 3.8) is 0 Å². The van der Waals surface area contributed by atoms with Crippen LogP contribution in [0, 0.1) is 19.8 Å². The van der Waals surface area contributed by atoms with Gasteiger partial charge in [0, 0.05) is 12.7 Å². The lowest BCUT2D eigenvalue weighted by atomic mass is 9.96. The molecule has 2 unspecified atom stereocenters. The summed E-state index contributed by atoms with van der Waals surface area (Å²) in [6.07, 6.45) is -0.284. The van der Waals surface area contributed by atoms with Crippen LogP contribution in [-0.4, -0.2) is 48.6 Å². The summed E-state index contributed by atoms with van der Waals surface area (Å²) in [4.78, 5) is 41.4. The first-order chi connectivity index (χ1) is 17.2. The van der Waals surface area contributed by atoms with E-state index in [0.717, 1.165) is 11.1 Å². The van der Waals surface area contributed by atoms with Gasteiger partial charge >= 0.3 is 6.09 Å². The number of benzene rings is 2. The Morgan fingerprint density at radius 2 is 1.62 bits per heavy atom. The highest BCUT2D eigenvalue weighted by Gasteiger charge is 2.35. The summed E-state index contributed by atoms with van der Waals surface area (Å²) >= 11 is 0. The van der Waals surface area contributed by atoms with Gasteiger partial charge in [-0.15, -0.1) is 0 Å². The SMILES string of the molecule is COc1ccc(NC(=O)C(c2ccc(C)cc2C)N(C)C(=O)C(CC(C)C)NC(=O)OC(C)(C)C)cc1. The number of rotatable bonds is 9. The molecule has 0 radical (unpaired) electrons. The number of carbonyl (C=O) groups excluding carboxylic acids is 3. The quantitative estimate of drug-likeness (QED) is 0.471. The van der Waals surface area contributed by atoms with Crippen molar-refractivity contribution >= 4 is 23.6 Å². The molecule has 202 valence electrons. The molecule has 2 N–H and O–H groups in total. The maximum Gasteiger partial charge on any atom is 0.408 e. The minimum absolute atomic E-state index is 0.116. The van der Waals surface area contributed by atoms with Gasteiger partial charge in [0.1, 0.15) is 23.4 Å². The molecule has 3 amide bonds. The Morgan fingerprint density at radius 1 is 1.00 bits per heavy atom. The number of ether oxygens (including phenoxy) is 2. The fourth-order valence-electron chi connectivity index (χ4n) is 4.06. The number of nitrogens with zero attached hydrogens (tertiary/aromatic N) is 1. The van der Waals surface area contributed by atoms with E-state index in [2.05, 4.69) is 10.6 Å². The van der Waals surface area contributed by atoms with Crippen molar-refractivity contribution in [2.45, 2.75) is 72.6 Å². The Labute approximate surface area is 220 Å². The summed E-state index contributed by atoms with van der Waals surface area (Å²) in [5.41, 5.74) is 2.50. The molecule has 8 nitrogen and oxygen atoms in total. The van der Waals surface area contributed by atoms with Crippen molar-refractivity contribution in [3.05, 3.63) is 59.2 Å². The number of hydrogen-bond acceptors (Lipinski definition) is 5. The second-order valence-corrected chi connectivity index (χ2v) is 10.8. The van der Waals surface area contributed by atoms with E-state index in [1.807, 2.05) is 45.9 Å². The molecular weight excluding hydrogens is 470 g/mol. The van der Waals surface area contributed by atoms with Gasteiger partial charge in [0.25, 0.3) is 5.91 Å². The van der Waals surface area contributed by atoms with Gasteiger partial charge in [-0.1, -0.05) is 37.6 Å². The van der Waals surface area contributed by atoms with E-state index in [1.165, 1.54) is 4.90 Å². The second kappa shape index (κ2) is 12.6. The third kappa shape index (κ3) is 8.81. The zero-order valence-corrected chi connectivity index (χ0v) is 23.5. The Balaban J connectivity index is 2.41. The molecule has 2 aromatic carbocycles. The van der Waals surface area contributed by atoms with E-state index in [1.54, 1.807) is 59.2 Å². The number of anilines is 1. The lowest BCUT2D eigenvalue weighted by molar-refractivity contribution is -0.139. The Morgan fingerprint density at radius 3 is 2.14 bits per heavy atom. The Bertz CT molecular complexity index is 1090. The average molecular weight is 512 g/mol. The second-order valence-electron chi connectivity index (χ2n) is 10.8. The van der Waals surface area contributed by atoms with E-state index in [0.29, 0.717) is 23.4 Å². The van der Waals surface area contributed by atoms with Crippen LogP contribution in [0.3, 0.4) is 0 Å². The fraction of sp³-hybridized carbons (Fsp3) is 0.483. The molecule has 0 fully saturated rings. The number of alkyl carbamates (subject to hydrolysis) is 1. The van der Waals surface area contributed by atoms with Crippen LogP contribution >= 0.6 is 0 Å². The average Bonchev–Trinajstić information content (AvgIpc) is 2.78. The van der Waals surface area contributed by atoms with Crippen LogP contribution < -0.4 is 15.4 Å². The molecule has 0 aliphatic carbocycles. The molecule has 8 heteroatoms. The van der Waals surface area contributed by atoms with Gasteiger partial charge in [-0.2, -0.15) is 0 Å². The molecule has 37 heavy (non-hydrogen) atoms. The van der Waals surface area contributed by atoms with E-state index in [9.17, 15) is 14.4 Å². The summed E-state index contributed by atoms with van der Waals surface area (Å²) in [5, 5.41) is 5.64. The van der Waals surface area contributed by atoms with Gasteiger partial charge in [0.05, 0.1) is 7.11 Å². The number of amides is 3. The maximum absolute atomic E-state index is 13.8. The van der Waals surface area contributed by atoms with Gasteiger partial charge in [0.15, 0.2) is 0 Å². The van der Waals surface area contributed by atoms with Crippen molar-refractivity contribution in [2.75, 3.05) is 19.5 Å². The van der Waals surface area contributed by atoms with Crippen molar-refractivity contribution in [2.24, 2.45) is 5.92 Å². The number of hydrogen-bond donors (Lipinski definition) is 2. The van der Waals surface area contributed by atoms with Crippen LogP contribution in [-0.2, 0) is 14.3 Å². The number of likely N-dealkylation sites (N-methyl/N-ethyl adjacent to an activating group) is 1. The molecule has 0 aromatic heterocycles. The zero-order chi connectivity index (χ0) is 27.9. The standard InChI is InChI=1S/C29H41N3O5/c1-18(2)16-24(31-28(35)37-29(5,6)7)27(34)32(8)25(23-15-10-19(3)17-20(23)4)26(33)30-21-11-13-22(36-9)14-12-21/h10-15,17-18,24-25H,16H2,1-9H3,(H,30,33)(H,31,35). The lowest BCUT2D eigenvalue weighted by Gasteiger charge is -2.33. The molecule has 0 spiro atoms. The number of nitrogens with one attached hydrogen (secondary N) is 2. The normalized spacial score (nSPS) is 12.9. The van der Waals surface area contributed by atoms with E-state index < -0.39 is 23.8 Å². The predicted molar refractivity (Wildman–Crippen MR) is 146 cm³/mol. The highest BCUT2D eigenvalue weighted by atomic mass is 16.6. The topological polar surface area (TPSA) is 97.0 Å². The van der Waals surface area contributed by atoms with Crippen molar-refractivity contribution in [1.29, 1.82) is 0 Å². The van der Waals surface area contributed by atoms with E-state index in [4.69, 9.17) is 9.47 Å². The van der Waals surface area contributed by atoms with Crippen LogP contribution in [0.2, 0.25) is 0 Å². The third-order valence-electron chi connectivity index (χ3n) is 5.76. The first-order valence-electron chi connectivity index (χ1n) is 12.5. The summed E-state index contributed by atoms with van der Waals surface area (Å²) in [7, 11) is 3.16. The first-order valence-corrected chi connectivity index (χ1v) is 12.5. The molecule has 0 saturated heterocycles. The predicted octanol–water partition coefficient (Wildman–Crippen LogP) is 5.39. The highest BCUT2D eigenvalue weighted by molar-refractivity contribution is 5.99. The largest absolute Gasteiger partial charge is 0.497 e. The summed E-state index contributed by atoms with van der Waals surface area (Å²) < 4.78 is 10.6. The summed E-state index contributed by atoms with van der Waals surface area (Å²) in [5.74, 6) is 0.0360. The number of aryl methyl sites for hydroxylation is 2. The van der Waals surface area contributed by atoms with Crippen molar-refractivity contribution < 1.29 is 23.9 Å². The molecule has 2 aromatic rings. The summed E-state index contributed by atoms with van der Waals surface area (Å²) in [6, 6.07) is 11.0.